The summed E-state index contributed by atoms with van der Waals surface area (Å²) < 4.78 is 0. The fraction of sp³-hybridized carbons (Fsp3) is 0.188. The van der Waals surface area contributed by atoms with Gasteiger partial charge in [-0.1, -0.05) is 18.2 Å². The van der Waals surface area contributed by atoms with E-state index in [2.05, 4.69) is 31.3 Å². The molecule has 0 fully saturated rings. The number of tetrazole rings is 1. The third-order valence-corrected chi connectivity index (χ3v) is 4.39. The molecule has 0 aliphatic carbocycles. The highest BCUT2D eigenvalue weighted by atomic mass is 32.1. The first-order valence-electron chi connectivity index (χ1n) is 7.60. The van der Waals surface area contributed by atoms with Crippen molar-refractivity contribution in [3.63, 3.8) is 0 Å². The molecule has 2 aromatic heterocycles. The van der Waals surface area contributed by atoms with Crippen LogP contribution in [0.3, 0.4) is 0 Å². The fourth-order valence-corrected chi connectivity index (χ4v) is 2.74. The minimum atomic E-state index is -0.202. The van der Waals surface area contributed by atoms with Gasteiger partial charge in [-0.2, -0.15) is 5.21 Å². The van der Waals surface area contributed by atoms with Crippen molar-refractivity contribution in [3.8, 4) is 0 Å². The van der Waals surface area contributed by atoms with E-state index in [-0.39, 0.29) is 17.7 Å². The Kier molecular flexibility index (Phi) is 5.14. The lowest BCUT2D eigenvalue weighted by Crippen LogP contribution is -2.27. The smallest absolute Gasteiger partial charge is 0.265 e. The maximum atomic E-state index is 12.2. The number of hydrogen-bond acceptors (Lipinski definition) is 6. The Bertz CT molecular complexity index is 830. The Balaban J connectivity index is 1.54. The normalized spacial score (nSPS) is 11.7. The molecule has 1 aromatic carbocycles. The van der Waals surface area contributed by atoms with Crippen molar-refractivity contribution in [1.82, 2.24) is 25.9 Å². The summed E-state index contributed by atoms with van der Waals surface area (Å²) >= 11 is 1.37. The minimum absolute atomic E-state index is 0.0490. The van der Waals surface area contributed by atoms with Crippen LogP contribution in [0.5, 0.6) is 0 Å². The van der Waals surface area contributed by atoms with Gasteiger partial charge < -0.3 is 10.6 Å². The first kappa shape index (κ1) is 16.8. The van der Waals surface area contributed by atoms with Crippen LogP contribution in [0, 0.1) is 0 Å². The van der Waals surface area contributed by atoms with Gasteiger partial charge in [0.25, 0.3) is 11.8 Å². The second-order valence-corrected chi connectivity index (χ2v) is 6.34. The molecule has 8 nitrogen and oxygen atoms in total. The maximum Gasteiger partial charge on any atom is 0.265 e. The topological polar surface area (TPSA) is 113 Å². The number of anilines is 1. The van der Waals surface area contributed by atoms with E-state index in [1.54, 1.807) is 30.3 Å². The zero-order valence-corrected chi connectivity index (χ0v) is 14.2. The van der Waals surface area contributed by atoms with Crippen LogP contribution in [0.1, 0.15) is 38.7 Å². The van der Waals surface area contributed by atoms with E-state index >= 15 is 0 Å². The van der Waals surface area contributed by atoms with Crippen LogP contribution in [0.15, 0.2) is 41.8 Å². The molecule has 0 bridgehead atoms. The van der Waals surface area contributed by atoms with Gasteiger partial charge in [0.05, 0.1) is 4.88 Å². The number of amides is 2. The molecule has 2 heterocycles. The molecule has 3 aromatic rings. The number of aromatic amines is 1. The van der Waals surface area contributed by atoms with Crippen molar-refractivity contribution in [3.05, 3.63) is 58.0 Å². The Morgan fingerprint density at radius 2 is 2.00 bits per heavy atom. The number of rotatable bonds is 6. The van der Waals surface area contributed by atoms with Crippen molar-refractivity contribution in [2.45, 2.75) is 12.8 Å². The van der Waals surface area contributed by atoms with Gasteiger partial charge in [-0.05, 0) is 35.7 Å². The molecular formula is C16H16N6O2S. The van der Waals surface area contributed by atoms with Crippen LogP contribution in [0.2, 0.25) is 0 Å². The summed E-state index contributed by atoms with van der Waals surface area (Å²) in [5.41, 5.74) is 1.14. The third-order valence-electron chi connectivity index (χ3n) is 3.52. The van der Waals surface area contributed by atoms with Crippen LogP contribution in [-0.2, 0) is 0 Å². The number of carbonyl (C=O) groups is 2. The molecule has 0 saturated carbocycles. The Morgan fingerprint density at radius 1 is 1.20 bits per heavy atom. The Labute approximate surface area is 147 Å². The number of aromatic nitrogens is 4. The van der Waals surface area contributed by atoms with E-state index in [4.69, 9.17) is 0 Å². The van der Waals surface area contributed by atoms with E-state index in [9.17, 15) is 9.59 Å². The Hall–Kier alpha value is -3.07. The zero-order chi connectivity index (χ0) is 17.6. The molecule has 9 heteroatoms. The molecule has 3 N–H and O–H groups in total. The van der Waals surface area contributed by atoms with E-state index in [0.717, 1.165) is 0 Å². The van der Waals surface area contributed by atoms with Gasteiger partial charge in [0, 0.05) is 23.7 Å². The predicted molar refractivity (Wildman–Crippen MR) is 93.6 cm³/mol. The lowest BCUT2D eigenvalue weighted by Gasteiger charge is -2.09. The average Bonchev–Trinajstić information content (AvgIpc) is 3.33. The van der Waals surface area contributed by atoms with Gasteiger partial charge in [0.2, 0.25) is 0 Å². The summed E-state index contributed by atoms with van der Waals surface area (Å²) in [6.45, 7) is 2.30. The van der Waals surface area contributed by atoms with Gasteiger partial charge in [-0.3, -0.25) is 9.59 Å². The first-order chi connectivity index (χ1) is 12.1. The largest absolute Gasteiger partial charge is 0.351 e. The number of carbonyl (C=O) groups excluding carboxylic acids is 2. The molecular weight excluding hydrogens is 340 g/mol. The lowest BCUT2D eigenvalue weighted by atomic mass is 10.1. The number of H-pyrrole nitrogens is 1. The summed E-state index contributed by atoms with van der Waals surface area (Å²) in [5, 5.41) is 21.1. The number of nitrogens with one attached hydrogen (secondary N) is 3. The van der Waals surface area contributed by atoms with Gasteiger partial charge in [0.1, 0.15) is 0 Å². The van der Waals surface area contributed by atoms with Gasteiger partial charge >= 0.3 is 0 Å². The lowest BCUT2D eigenvalue weighted by molar-refractivity contribution is 0.0951. The third kappa shape index (κ3) is 4.27. The second kappa shape index (κ2) is 7.67. The molecule has 0 aliphatic heterocycles. The summed E-state index contributed by atoms with van der Waals surface area (Å²) in [6.07, 6.45) is 0. The van der Waals surface area contributed by atoms with Crippen LogP contribution in [0.25, 0.3) is 0 Å². The molecule has 0 spiro atoms. The van der Waals surface area contributed by atoms with Crippen LogP contribution >= 0.6 is 11.3 Å². The van der Waals surface area contributed by atoms with Crippen LogP contribution in [0.4, 0.5) is 5.69 Å². The highest BCUT2D eigenvalue weighted by molar-refractivity contribution is 7.12. The molecule has 25 heavy (non-hydrogen) atoms. The monoisotopic (exact) mass is 356 g/mol. The molecule has 2 amide bonds. The van der Waals surface area contributed by atoms with E-state index < -0.39 is 0 Å². The molecule has 0 aliphatic rings. The molecule has 0 saturated heterocycles. The van der Waals surface area contributed by atoms with E-state index in [0.29, 0.717) is 28.5 Å². The van der Waals surface area contributed by atoms with Crippen molar-refractivity contribution in [1.29, 1.82) is 0 Å². The standard InChI is InChI=1S/C16H16N6O2S/c1-10(14-19-21-22-20-14)9-17-15(23)11-4-6-12(7-5-11)18-16(24)13-3-2-8-25-13/h2-8,10H,9H2,1H3,(H,17,23)(H,18,24)(H,19,20,21,22)/t10-/m0/s1. The summed E-state index contributed by atoms with van der Waals surface area (Å²) in [6, 6.07) is 10.3. The summed E-state index contributed by atoms with van der Waals surface area (Å²) in [7, 11) is 0. The second-order valence-electron chi connectivity index (χ2n) is 5.39. The molecule has 0 radical (unpaired) electrons. The SMILES string of the molecule is C[C@@H](CNC(=O)c1ccc(NC(=O)c2cccs2)cc1)c1nn[nH]n1. The highest BCUT2D eigenvalue weighted by Gasteiger charge is 2.13. The fourth-order valence-electron chi connectivity index (χ4n) is 2.12. The van der Waals surface area contributed by atoms with Crippen LogP contribution < -0.4 is 10.6 Å². The van der Waals surface area contributed by atoms with Crippen molar-refractivity contribution in [2.24, 2.45) is 0 Å². The number of benzene rings is 1. The van der Waals surface area contributed by atoms with Gasteiger partial charge in [-0.15, -0.1) is 21.5 Å². The molecule has 128 valence electrons. The maximum absolute atomic E-state index is 12.2. The summed E-state index contributed by atoms with van der Waals surface area (Å²) in [4.78, 5) is 24.8. The Morgan fingerprint density at radius 3 is 2.64 bits per heavy atom. The van der Waals surface area contributed by atoms with E-state index in [1.165, 1.54) is 11.3 Å². The van der Waals surface area contributed by atoms with Crippen molar-refractivity contribution >= 4 is 28.8 Å². The minimum Gasteiger partial charge on any atom is -0.351 e. The summed E-state index contributed by atoms with van der Waals surface area (Å²) in [5.74, 6) is 0.131. The molecule has 3 rings (SSSR count). The van der Waals surface area contributed by atoms with Gasteiger partial charge in [0.15, 0.2) is 5.82 Å². The highest BCUT2D eigenvalue weighted by Crippen LogP contribution is 2.14. The first-order valence-corrected chi connectivity index (χ1v) is 8.48. The quantitative estimate of drug-likeness (QED) is 0.626. The molecule has 0 unspecified atom stereocenters. The van der Waals surface area contributed by atoms with Crippen molar-refractivity contribution in [2.75, 3.05) is 11.9 Å². The van der Waals surface area contributed by atoms with Crippen LogP contribution in [-0.4, -0.2) is 39.0 Å². The molecule has 1 atom stereocenters. The van der Waals surface area contributed by atoms with Crippen molar-refractivity contribution < 1.29 is 9.59 Å². The number of nitrogens with zero attached hydrogens (tertiary/aromatic N) is 3. The number of hydrogen-bond donors (Lipinski definition) is 3. The predicted octanol–water partition coefficient (Wildman–Crippen LogP) is 2.05. The zero-order valence-electron chi connectivity index (χ0n) is 13.4. The van der Waals surface area contributed by atoms with Gasteiger partial charge in [-0.25, -0.2) is 0 Å². The number of thiophene rings is 1. The van der Waals surface area contributed by atoms with E-state index in [1.807, 2.05) is 18.4 Å². The average molecular weight is 356 g/mol.